The highest BCUT2D eigenvalue weighted by atomic mass is 16.3. The van der Waals surface area contributed by atoms with E-state index in [1.807, 2.05) is 0 Å². The summed E-state index contributed by atoms with van der Waals surface area (Å²) < 4.78 is 0. The van der Waals surface area contributed by atoms with Gasteiger partial charge in [-0.15, -0.1) is 0 Å². The molecule has 0 aromatic rings. The molecule has 0 spiro atoms. The van der Waals surface area contributed by atoms with Crippen molar-refractivity contribution in [2.45, 2.75) is 71.3 Å². The number of hydrogen-bond donors (Lipinski definition) is 1. The lowest BCUT2D eigenvalue weighted by molar-refractivity contribution is 0.0234. The normalized spacial score (nSPS) is 31.9. The third-order valence-corrected chi connectivity index (χ3v) is 4.68. The quantitative estimate of drug-likeness (QED) is 0.698. The van der Waals surface area contributed by atoms with Gasteiger partial charge in [-0.3, -0.25) is 0 Å². The van der Waals surface area contributed by atoms with E-state index < -0.39 is 0 Å². The van der Waals surface area contributed by atoms with Crippen LogP contribution in [0.5, 0.6) is 0 Å². The Morgan fingerprint density at radius 1 is 1.25 bits per heavy atom. The topological polar surface area (TPSA) is 20.2 Å². The molecule has 0 aliphatic heterocycles. The fraction of sp³-hybridized carbons (Fsp3) is 0.867. The average molecular weight is 222 g/mol. The maximum Gasteiger partial charge on any atom is 0.0783 e. The molecule has 0 aromatic heterocycles. The van der Waals surface area contributed by atoms with Crippen LogP contribution in [0.3, 0.4) is 0 Å². The van der Waals surface area contributed by atoms with Gasteiger partial charge in [0.05, 0.1) is 6.10 Å². The Morgan fingerprint density at radius 3 is 2.69 bits per heavy atom. The third-order valence-electron chi connectivity index (χ3n) is 4.68. The first-order valence-electron chi connectivity index (χ1n) is 6.98. The molecular weight excluding hydrogens is 196 g/mol. The van der Waals surface area contributed by atoms with E-state index in [0.717, 1.165) is 6.42 Å². The van der Waals surface area contributed by atoms with Crippen LogP contribution in [0, 0.1) is 11.3 Å². The molecule has 0 radical (unpaired) electrons. The minimum absolute atomic E-state index is 0.157. The summed E-state index contributed by atoms with van der Waals surface area (Å²) in [6.07, 6.45) is 12.2. The molecule has 0 saturated heterocycles. The maximum absolute atomic E-state index is 10.6. The first kappa shape index (κ1) is 12.2. The summed E-state index contributed by atoms with van der Waals surface area (Å²) in [6, 6.07) is 0. The third kappa shape index (κ3) is 2.51. The van der Waals surface area contributed by atoms with Crippen molar-refractivity contribution >= 4 is 0 Å². The molecule has 2 rings (SSSR count). The SMILES string of the molecule is CC1(C)CCCCC1C(O)C1=CCCCC1. The van der Waals surface area contributed by atoms with E-state index in [2.05, 4.69) is 19.9 Å². The van der Waals surface area contributed by atoms with Crippen molar-refractivity contribution in [2.75, 3.05) is 0 Å². The van der Waals surface area contributed by atoms with Gasteiger partial charge < -0.3 is 5.11 Å². The minimum atomic E-state index is -0.157. The molecule has 0 bridgehead atoms. The number of aliphatic hydroxyl groups excluding tert-OH is 1. The zero-order valence-corrected chi connectivity index (χ0v) is 10.8. The Labute approximate surface area is 99.9 Å². The molecule has 0 aromatic carbocycles. The monoisotopic (exact) mass is 222 g/mol. The molecule has 1 fully saturated rings. The molecule has 1 N–H and O–H groups in total. The second kappa shape index (κ2) is 4.91. The molecule has 2 atom stereocenters. The summed E-state index contributed by atoms with van der Waals surface area (Å²) in [5.41, 5.74) is 1.67. The summed E-state index contributed by atoms with van der Waals surface area (Å²) in [5, 5.41) is 10.6. The van der Waals surface area contributed by atoms with Crippen molar-refractivity contribution in [1.29, 1.82) is 0 Å². The highest BCUT2D eigenvalue weighted by Gasteiger charge is 2.38. The van der Waals surface area contributed by atoms with Crippen molar-refractivity contribution in [3.05, 3.63) is 11.6 Å². The van der Waals surface area contributed by atoms with E-state index >= 15 is 0 Å². The van der Waals surface area contributed by atoms with Crippen LogP contribution in [0.2, 0.25) is 0 Å². The number of aliphatic hydroxyl groups is 1. The highest BCUT2D eigenvalue weighted by Crippen LogP contribution is 2.44. The van der Waals surface area contributed by atoms with Crippen LogP contribution in [-0.2, 0) is 0 Å². The van der Waals surface area contributed by atoms with Crippen molar-refractivity contribution < 1.29 is 5.11 Å². The van der Waals surface area contributed by atoms with E-state index in [9.17, 15) is 5.11 Å². The zero-order valence-electron chi connectivity index (χ0n) is 10.8. The van der Waals surface area contributed by atoms with Crippen molar-refractivity contribution in [3.63, 3.8) is 0 Å². The van der Waals surface area contributed by atoms with Crippen LogP contribution in [0.25, 0.3) is 0 Å². The second-order valence-electron chi connectivity index (χ2n) is 6.31. The van der Waals surface area contributed by atoms with Crippen LogP contribution >= 0.6 is 0 Å². The molecule has 2 unspecified atom stereocenters. The molecule has 0 heterocycles. The van der Waals surface area contributed by atoms with Crippen molar-refractivity contribution in [3.8, 4) is 0 Å². The van der Waals surface area contributed by atoms with Gasteiger partial charge in [-0.25, -0.2) is 0 Å². The Balaban J connectivity index is 2.07. The lowest BCUT2D eigenvalue weighted by Gasteiger charge is -2.42. The lowest BCUT2D eigenvalue weighted by atomic mass is 9.65. The fourth-order valence-corrected chi connectivity index (χ4v) is 3.50. The second-order valence-corrected chi connectivity index (χ2v) is 6.31. The number of hydrogen-bond acceptors (Lipinski definition) is 1. The van der Waals surface area contributed by atoms with Crippen LogP contribution in [0.1, 0.15) is 65.2 Å². The smallest absolute Gasteiger partial charge is 0.0783 e. The molecule has 1 heteroatoms. The van der Waals surface area contributed by atoms with E-state index in [0.29, 0.717) is 11.3 Å². The Kier molecular flexibility index (Phi) is 3.73. The van der Waals surface area contributed by atoms with Gasteiger partial charge in [0.1, 0.15) is 0 Å². The van der Waals surface area contributed by atoms with Gasteiger partial charge in [0, 0.05) is 0 Å². The Hall–Kier alpha value is -0.300. The van der Waals surface area contributed by atoms with Crippen LogP contribution in [0.4, 0.5) is 0 Å². The summed E-state index contributed by atoms with van der Waals surface area (Å²) >= 11 is 0. The summed E-state index contributed by atoms with van der Waals surface area (Å²) in [5.74, 6) is 0.491. The Bertz CT molecular complexity index is 265. The molecule has 92 valence electrons. The zero-order chi connectivity index (χ0) is 11.6. The molecule has 0 amide bonds. The van der Waals surface area contributed by atoms with E-state index in [-0.39, 0.29) is 6.10 Å². The summed E-state index contributed by atoms with van der Waals surface area (Å²) in [6.45, 7) is 4.67. The Morgan fingerprint density at radius 2 is 2.06 bits per heavy atom. The standard InChI is InChI=1S/C15H26O/c1-15(2)11-7-6-10-13(15)14(16)12-8-4-3-5-9-12/h8,13-14,16H,3-7,9-11H2,1-2H3. The molecule has 1 nitrogen and oxygen atoms in total. The minimum Gasteiger partial charge on any atom is -0.388 e. The van der Waals surface area contributed by atoms with Gasteiger partial charge in [0.2, 0.25) is 0 Å². The van der Waals surface area contributed by atoms with Gasteiger partial charge in [0.15, 0.2) is 0 Å². The van der Waals surface area contributed by atoms with Crippen molar-refractivity contribution in [2.24, 2.45) is 11.3 Å². The fourth-order valence-electron chi connectivity index (χ4n) is 3.50. The molecule has 16 heavy (non-hydrogen) atoms. The lowest BCUT2D eigenvalue weighted by Crippen LogP contribution is -2.38. The van der Waals surface area contributed by atoms with Crippen LogP contribution in [-0.4, -0.2) is 11.2 Å². The van der Waals surface area contributed by atoms with Gasteiger partial charge in [0.25, 0.3) is 0 Å². The van der Waals surface area contributed by atoms with Gasteiger partial charge in [-0.1, -0.05) is 32.8 Å². The summed E-state index contributed by atoms with van der Waals surface area (Å²) in [4.78, 5) is 0. The molecular formula is C15H26O. The van der Waals surface area contributed by atoms with E-state index in [1.54, 1.807) is 0 Å². The molecule has 1 saturated carbocycles. The van der Waals surface area contributed by atoms with Crippen LogP contribution < -0.4 is 0 Å². The predicted octanol–water partition coefficient (Wildman–Crippen LogP) is 4.06. The average Bonchev–Trinajstić information content (AvgIpc) is 2.29. The van der Waals surface area contributed by atoms with Gasteiger partial charge >= 0.3 is 0 Å². The molecule has 2 aliphatic carbocycles. The van der Waals surface area contributed by atoms with Gasteiger partial charge in [-0.05, 0) is 55.4 Å². The first-order valence-corrected chi connectivity index (χ1v) is 6.98. The maximum atomic E-state index is 10.6. The van der Waals surface area contributed by atoms with Crippen LogP contribution in [0.15, 0.2) is 11.6 Å². The number of rotatable bonds is 2. The number of allylic oxidation sites excluding steroid dienone is 1. The van der Waals surface area contributed by atoms with E-state index in [4.69, 9.17) is 0 Å². The highest BCUT2D eigenvalue weighted by molar-refractivity contribution is 5.13. The summed E-state index contributed by atoms with van der Waals surface area (Å²) in [7, 11) is 0. The predicted molar refractivity (Wildman–Crippen MR) is 68.3 cm³/mol. The first-order chi connectivity index (χ1) is 7.61. The molecule has 2 aliphatic rings. The van der Waals surface area contributed by atoms with Crippen molar-refractivity contribution in [1.82, 2.24) is 0 Å². The van der Waals surface area contributed by atoms with E-state index in [1.165, 1.54) is 50.5 Å². The largest absolute Gasteiger partial charge is 0.388 e. The van der Waals surface area contributed by atoms with Gasteiger partial charge in [-0.2, -0.15) is 0 Å².